The molecule has 2 heterocycles. The summed E-state index contributed by atoms with van der Waals surface area (Å²) in [5.41, 5.74) is -0.194. The zero-order chi connectivity index (χ0) is 22.1. The highest BCUT2D eigenvalue weighted by molar-refractivity contribution is 7.91. The molecule has 1 aromatic heterocycles. The Morgan fingerprint density at radius 2 is 2.10 bits per heavy atom. The summed E-state index contributed by atoms with van der Waals surface area (Å²) in [5.74, 6) is -1.47. The number of nitriles is 1. The van der Waals surface area contributed by atoms with Crippen molar-refractivity contribution < 1.29 is 23.1 Å². The van der Waals surface area contributed by atoms with Gasteiger partial charge in [0, 0.05) is 6.21 Å². The third-order valence-electron chi connectivity index (χ3n) is 5.01. The maximum absolute atomic E-state index is 12.7. The van der Waals surface area contributed by atoms with Crippen molar-refractivity contribution in [3.8, 4) is 11.9 Å². The number of carbonyl (C=O) groups is 1. The highest BCUT2D eigenvalue weighted by Crippen LogP contribution is 2.30. The van der Waals surface area contributed by atoms with Gasteiger partial charge in [-0.05, 0) is 31.0 Å². The molecule has 0 aliphatic carbocycles. The van der Waals surface area contributed by atoms with Crippen LogP contribution < -0.4 is 5.56 Å². The van der Waals surface area contributed by atoms with Crippen LogP contribution in [-0.2, 0) is 14.6 Å². The summed E-state index contributed by atoms with van der Waals surface area (Å²) in [4.78, 5) is 28.9. The first-order valence-electron chi connectivity index (χ1n) is 9.00. The minimum atomic E-state index is -3.33. The number of esters is 1. The number of ether oxygens (including phenoxy) is 1. The molecule has 0 unspecified atom stereocenters. The van der Waals surface area contributed by atoms with Crippen molar-refractivity contribution in [2.45, 2.75) is 19.4 Å². The number of benzene rings is 1. The topological polar surface area (TPSA) is 139 Å². The van der Waals surface area contributed by atoms with Crippen LogP contribution >= 0.6 is 0 Å². The third kappa shape index (κ3) is 3.84. The number of aromatic hydroxyl groups is 1. The van der Waals surface area contributed by atoms with Crippen LogP contribution in [0.25, 0.3) is 0 Å². The van der Waals surface area contributed by atoms with Gasteiger partial charge in [-0.15, -0.1) is 0 Å². The van der Waals surface area contributed by atoms with E-state index in [9.17, 15) is 28.4 Å². The Balaban J connectivity index is 2.16. The highest BCUT2D eigenvalue weighted by atomic mass is 32.2. The highest BCUT2D eigenvalue weighted by Gasteiger charge is 2.33. The molecule has 1 aromatic carbocycles. The zero-order valence-electron chi connectivity index (χ0n) is 16.3. The first kappa shape index (κ1) is 21.3. The van der Waals surface area contributed by atoms with Crippen molar-refractivity contribution in [1.82, 2.24) is 4.57 Å². The van der Waals surface area contributed by atoms with E-state index in [2.05, 4.69) is 4.99 Å². The Bertz CT molecular complexity index is 1250. The summed E-state index contributed by atoms with van der Waals surface area (Å²) < 4.78 is 29.4. The number of sulfone groups is 1. The molecule has 2 aromatic rings. The van der Waals surface area contributed by atoms with Gasteiger partial charge in [0.2, 0.25) is 5.88 Å². The molecule has 1 aliphatic rings. The van der Waals surface area contributed by atoms with Gasteiger partial charge in [-0.2, -0.15) is 5.26 Å². The van der Waals surface area contributed by atoms with Crippen LogP contribution in [0.3, 0.4) is 0 Å². The Hall–Kier alpha value is -3.45. The SMILES string of the molecule is COC(=O)c1ccccc1N=Cc1c(C)c(C#N)c(=O)n([C@H]2CCS(=O)(=O)C2)c1O. The van der Waals surface area contributed by atoms with Crippen molar-refractivity contribution in [2.24, 2.45) is 4.99 Å². The molecule has 0 amide bonds. The van der Waals surface area contributed by atoms with E-state index in [1.54, 1.807) is 18.2 Å². The van der Waals surface area contributed by atoms with E-state index in [0.717, 1.165) is 4.57 Å². The van der Waals surface area contributed by atoms with Gasteiger partial charge in [-0.25, -0.2) is 13.2 Å². The fourth-order valence-corrected chi connectivity index (χ4v) is 5.12. The zero-order valence-corrected chi connectivity index (χ0v) is 17.1. The first-order chi connectivity index (χ1) is 14.2. The predicted molar refractivity (Wildman–Crippen MR) is 109 cm³/mol. The van der Waals surface area contributed by atoms with Crippen LogP contribution in [-0.4, -0.2) is 48.9 Å². The molecule has 3 rings (SSSR count). The van der Waals surface area contributed by atoms with E-state index in [1.807, 2.05) is 6.07 Å². The number of hydrogen-bond donors (Lipinski definition) is 1. The molecule has 10 heteroatoms. The molecule has 1 N–H and O–H groups in total. The number of aliphatic imine (C=N–C) groups is 1. The summed E-state index contributed by atoms with van der Waals surface area (Å²) >= 11 is 0. The maximum atomic E-state index is 12.7. The van der Waals surface area contributed by atoms with Crippen LogP contribution in [0.4, 0.5) is 5.69 Å². The van der Waals surface area contributed by atoms with Crippen molar-refractivity contribution in [1.29, 1.82) is 5.26 Å². The summed E-state index contributed by atoms with van der Waals surface area (Å²) in [7, 11) is -2.09. The maximum Gasteiger partial charge on any atom is 0.340 e. The lowest BCUT2D eigenvalue weighted by Gasteiger charge is -2.18. The van der Waals surface area contributed by atoms with Crippen molar-refractivity contribution in [3.63, 3.8) is 0 Å². The number of nitrogens with zero attached hydrogens (tertiary/aromatic N) is 3. The number of aromatic nitrogens is 1. The second-order valence-corrected chi connectivity index (χ2v) is 9.08. The molecule has 30 heavy (non-hydrogen) atoms. The fourth-order valence-electron chi connectivity index (χ4n) is 3.42. The average Bonchev–Trinajstić information content (AvgIpc) is 3.07. The van der Waals surface area contributed by atoms with E-state index in [-0.39, 0.29) is 45.9 Å². The molecule has 0 spiro atoms. The van der Waals surface area contributed by atoms with E-state index < -0.39 is 33.3 Å². The lowest BCUT2D eigenvalue weighted by atomic mass is 10.0. The smallest absolute Gasteiger partial charge is 0.340 e. The minimum absolute atomic E-state index is 0.0927. The molecule has 0 bridgehead atoms. The van der Waals surface area contributed by atoms with Crippen LogP contribution in [0.1, 0.15) is 39.5 Å². The summed E-state index contributed by atoms with van der Waals surface area (Å²) in [5, 5.41) is 20.2. The molecule has 1 saturated heterocycles. The monoisotopic (exact) mass is 429 g/mol. The van der Waals surface area contributed by atoms with E-state index in [1.165, 1.54) is 26.3 Å². The van der Waals surface area contributed by atoms with Crippen molar-refractivity contribution in [2.75, 3.05) is 18.6 Å². The fraction of sp³-hybridized carbons (Fsp3) is 0.300. The summed E-state index contributed by atoms with van der Waals surface area (Å²) in [6, 6.07) is 7.45. The molecule has 1 atom stereocenters. The van der Waals surface area contributed by atoms with Gasteiger partial charge in [0.1, 0.15) is 11.6 Å². The Morgan fingerprint density at radius 3 is 2.70 bits per heavy atom. The number of carbonyl (C=O) groups excluding carboxylic acids is 1. The average molecular weight is 429 g/mol. The number of para-hydroxylation sites is 1. The lowest BCUT2D eigenvalue weighted by Crippen LogP contribution is -2.29. The van der Waals surface area contributed by atoms with Crippen LogP contribution in [0.5, 0.6) is 5.88 Å². The van der Waals surface area contributed by atoms with E-state index in [0.29, 0.717) is 0 Å². The van der Waals surface area contributed by atoms with E-state index >= 15 is 0 Å². The Morgan fingerprint density at radius 1 is 1.40 bits per heavy atom. The van der Waals surface area contributed by atoms with Gasteiger partial charge in [-0.1, -0.05) is 12.1 Å². The second kappa shape index (κ2) is 8.12. The van der Waals surface area contributed by atoms with Crippen molar-refractivity contribution >= 4 is 27.7 Å². The number of rotatable bonds is 4. The van der Waals surface area contributed by atoms with Crippen LogP contribution in [0.2, 0.25) is 0 Å². The molecule has 9 nitrogen and oxygen atoms in total. The van der Waals surface area contributed by atoms with Crippen molar-refractivity contribution in [3.05, 3.63) is 56.9 Å². The molecule has 156 valence electrons. The predicted octanol–water partition coefficient (Wildman–Crippen LogP) is 1.63. The molecule has 1 fully saturated rings. The molecular weight excluding hydrogens is 410 g/mol. The van der Waals surface area contributed by atoms with Gasteiger partial charge >= 0.3 is 5.97 Å². The van der Waals surface area contributed by atoms with Crippen LogP contribution in [0, 0.1) is 18.3 Å². The summed E-state index contributed by atoms with van der Waals surface area (Å²) in [6.45, 7) is 1.49. The number of pyridine rings is 1. The van der Waals surface area contributed by atoms with Gasteiger partial charge in [0.15, 0.2) is 9.84 Å². The van der Waals surface area contributed by atoms with E-state index in [4.69, 9.17) is 4.74 Å². The second-order valence-electron chi connectivity index (χ2n) is 6.85. The normalized spacial score (nSPS) is 17.7. The largest absolute Gasteiger partial charge is 0.494 e. The molecular formula is C20H19N3O6S. The molecule has 0 saturated carbocycles. The molecule has 0 radical (unpaired) electrons. The minimum Gasteiger partial charge on any atom is -0.494 e. The molecule has 1 aliphatic heterocycles. The van der Waals surface area contributed by atoms with Gasteiger partial charge < -0.3 is 9.84 Å². The Labute approximate surface area is 172 Å². The number of hydrogen-bond acceptors (Lipinski definition) is 8. The van der Waals surface area contributed by atoms with Crippen LogP contribution in [0.15, 0.2) is 34.1 Å². The Kier molecular flexibility index (Phi) is 5.75. The quantitative estimate of drug-likeness (QED) is 0.575. The summed E-state index contributed by atoms with van der Waals surface area (Å²) in [6.07, 6.45) is 1.40. The lowest BCUT2D eigenvalue weighted by molar-refractivity contribution is 0.0601. The first-order valence-corrected chi connectivity index (χ1v) is 10.8. The number of methoxy groups -OCH3 is 1. The third-order valence-corrected chi connectivity index (χ3v) is 6.76. The van der Waals surface area contributed by atoms with Gasteiger partial charge in [-0.3, -0.25) is 14.4 Å². The standard InChI is InChI=1S/C20H19N3O6S/c1-12-15(9-21)18(24)23(13-7-8-30(27,28)11-13)19(25)16(12)10-22-17-6-4-3-5-14(17)20(26)29-2/h3-6,10,13,25H,7-8,11H2,1-2H3/t13-/m0/s1. The van der Waals surface area contributed by atoms with Gasteiger partial charge in [0.25, 0.3) is 5.56 Å². The van der Waals surface area contributed by atoms with Gasteiger partial charge in [0.05, 0.1) is 41.5 Å².